The van der Waals surface area contributed by atoms with E-state index in [1.54, 1.807) is 7.05 Å². The number of piperidine rings is 1. The van der Waals surface area contributed by atoms with Gasteiger partial charge in [0.2, 0.25) is 11.8 Å². The second-order valence-electron chi connectivity index (χ2n) is 8.56. The van der Waals surface area contributed by atoms with Gasteiger partial charge in [-0.3, -0.25) is 14.6 Å². The molecule has 0 aromatic heterocycles. The molecule has 1 aromatic rings. The fourth-order valence-corrected chi connectivity index (χ4v) is 4.11. The van der Waals surface area contributed by atoms with Gasteiger partial charge in [-0.25, -0.2) is 0 Å². The summed E-state index contributed by atoms with van der Waals surface area (Å²) < 4.78 is 0. The van der Waals surface area contributed by atoms with Crippen LogP contribution in [0.25, 0.3) is 0 Å². The molecule has 2 saturated heterocycles. The van der Waals surface area contributed by atoms with Crippen molar-refractivity contribution in [1.82, 2.24) is 20.4 Å². The number of benzene rings is 1. The SMILES string of the molecule is CN=C(NCc1cccc(CN2CCCC2=O)c1)NC1CCN(C(=O)C(C)C)CC1.I. The van der Waals surface area contributed by atoms with E-state index in [4.69, 9.17) is 0 Å². The van der Waals surface area contributed by atoms with Crippen molar-refractivity contribution >= 4 is 41.8 Å². The van der Waals surface area contributed by atoms with Gasteiger partial charge in [-0.05, 0) is 30.4 Å². The molecule has 31 heavy (non-hydrogen) atoms. The zero-order valence-electron chi connectivity index (χ0n) is 18.9. The molecule has 8 heteroatoms. The second-order valence-corrected chi connectivity index (χ2v) is 8.56. The molecular formula is C23H36IN5O2. The van der Waals surface area contributed by atoms with Crippen LogP contribution in [-0.4, -0.2) is 60.3 Å². The van der Waals surface area contributed by atoms with Crippen LogP contribution < -0.4 is 10.6 Å². The highest BCUT2D eigenvalue weighted by molar-refractivity contribution is 14.0. The molecule has 0 bridgehead atoms. The Hall–Kier alpha value is -1.84. The highest BCUT2D eigenvalue weighted by atomic mass is 127. The van der Waals surface area contributed by atoms with Crippen LogP contribution in [0.15, 0.2) is 29.3 Å². The van der Waals surface area contributed by atoms with E-state index in [1.807, 2.05) is 29.7 Å². The first-order chi connectivity index (χ1) is 14.5. The molecule has 2 aliphatic heterocycles. The highest BCUT2D eigenvalue weighted by Gasteiger charge is 2.24. The summed E-state index contributed by atoms with van der Waals surface area (Å²) in [6.45, 7) is 7.72. The van der Waals surface area contributed by atoms with Crippen molar-refractivity contribution in [2.75, 3.05) is 26.7 Å². The number of guanidine groups is 1. The van der Waals surface area contributed by atoms with Crippen molar-refractivity contribution in [1.29, 1.82) is 0 Å². The smallest absolute Gasteiger partial charge is 0.225 e. The maximum Gasteiger partial charge on any atom is 0.225 e. The van der Waals surface area contributed by atoms with Gasteiger partial charge in [0, 0.05) is 58.2 Å². The second kappa shape index (κ2) is 12.3. The topological polar surface area (TPSA) is 77.0 Å². The summed E-state index contributed by atoms with van der Waals surface area (Å²) in [5.74, 6) is 1.34. The van der Waals surface area contributed by atoms with Gasteiger partial charge in [0.25, 0.3) is 0 Å². The molecule has 7 nitrogen and oxygen atoms in total. The summed E-state index contributed by atoms with van der Waals surface area (Å²) in [6, 6.07) is 8.69. The van der Waals surface area contributed by atoms with Gasteiger partial charge in [-0.15, -0.1) is 24.0 Å². The van der Waals surface area contributed by atoms with Gasteiger partial charge in [0.1, 0.15) is 0 Å². The molecule has 2 aliphatic rings. The number of nitrogens with zero attached hydrogens (tertiary/aromatic N) is 3. The van der Waals surface area contributed by atoms with Crippen molar-refractivity contribution in [2.45, 2.75) is 58.7 Å². The summed E-state index contributed by atoms with van der Waals surface area (Å²) >= 11 is 0. The minimum atomic E-state index is 0. The summed E-state index contributed by atoms with van der Waals surface area (Å²) in [5.41, 5.74) is 2.33. The molecule has 3 rings (SSSR count). The molecule has 1 aromatic carbocycles. The molecule has 2 heterocycles. The van der Waals surface area contributed by atoms with E-state index < -0.39 is 0 Å². The van der Waals surface area contributed by atoms with E-state index in [0.717, 1.165) is 50.4 Å². The minimum Gasteiger partial charge on any atom is -0.354 e. The standard InChI is InChI=1S/C23H35N5O2.HI/c1-17(2)22(30)27-12-9-20(10-13-27)26-23(24-3)25-15-18-6-4-7-19(14-18)16-28-11-5-8-21(28)29;/h4,6-7,14,17,20H,5,8-13,15-16H2,1-3H3,(H2,24,25,26);1H. The molecule has 2 fully saturated rings. The lowest BCUT2D eigenvalue weighted by Crippen LogP contribution is -2.50. The molecule has 0 atom stereocenters. The Kier molecular flexibility index (Phi) is 10.1. The number of amides is 2. The minimum absolute atomic E-state index is 0. The van der Waals surface area contributed by atoms with E-state index >= 15 is 0 Å². The first-order valence-corrected chi connectivity index (χ1v) is 11.1. The number of aliphatic imine (C=N–C) groups is 1. The number of carbonyl (C=O) groups is 2. The van der Waals surface area contributed by atoms with Crippen LogP contribution in [0.5, 0.6) is 0 Å². The Morgan fingerprint density at radius 3 is 2.52 bits per heavy atom. The number of hydrogen-bond acceptors (Lipinski definition) is 3. The first kappa shape index (κ1) is 25.4. The Balaban J connectivity index is 0.00000341. The van der Waals surface area contributed by atoms with Crippen molar-refractivity contribution in [3.05, 3.63) is 35.4 Å². The number of likely N-dealkylation sites (tertiary alicyclic amines) is 2. The lowest BCUT2D eigenvalue weighted by atomic mass is 10.0. The van der Waals surface area contributed by atoms with Gasteiger partial charge < -0.3 is 20.4 Å². The third kappa shape index (κ3) is 7.36. The van der Waals surface area contributed by atoms with E-state index in [-0.39, 0.29) is 41.7 Å². The van der Waals surface area contributed by atoms with Crippen LogP contribution >= 0.6 is 24.0 Å². The Labute approximate surface area is 203 Å². The van der Waals surface area contributed by atoms with E-state index in [2.05, 4.69) is 33.8 Å². The average molecular weight is 541 g/mol. The normalized spacial score (nSPS) is 17.7. The highest BCUT2D eigenvalue weighted by Crippen LogP contribution is 2.16. The van der Waals surface area contributed by atoms with Crippen molar-refractivity contribution in [3.63, 3.8) is 0 Å². The predicted octanol–water partition coefficient (Wildman–Crippen LogP) is 2.74. The third-order valence-corrected chi connectivity index (χ3v) is 5.86. The fourth-order valence-electron chi connectivity index (χ4n) is 4.11. The zero-order chi connectivity index (χ0) is 21.5. The number of carbonyl (C=O) groups excluding carboxylic acids is 2. The van der Waals surface area contributed by atoms with E-state index in [0.29, 0.717) is 25.6 Å². The molecular weight excluding hydrogens is 505 g/mol. The van der Waals surface area contributed by atoms with Crippen LogP contribution in [0.1, 0.15) is 50.7 Å². The van der Waals surface area contributed by atoms with Crippen molar-refractivity contribution < 1.29 is 9.59 Å². The largest absolute Gasteiger partial charge is 0.354 e. The fraction of sp³-hybridized carbons (Fsp3) is 0.609. The first-order valence-electron chi connectivity index (χ1n) is 11.1. The molecule has 0 saturated carbocycles. The van der Waals surface area contributed by atoms with Crippen LogP contribution in [-0.2, 0) is 22.7 Å². The Bertz CT molecular complexity index is 775. The Morgan fingerprint density at radius 2 is 1.90 bits per heavy atom. The van der Waals surface area contributed by atoms with Gasteiger partial charge in [-0.1, -0.05) is 38.1 Å². The summed E-state index contributed by atoms with van der Waals surface area (Å²) in [6.07, 6.45) is 3.50. The average Bonchev–Trinajstić information content (AvgIpc) is 3.15. The Morgan fingerprint density at radius 1 is 1.19 bits per heavy atom. The number of halogens is 1. The molecule has 2 N–H and O–H groups in total. The van der Waals surface area contributed by atoms with Crippen molar-refractivity contribution in [2.24, 2.45) is 10.9 Å². The third-order valence-electron chi connectivity index (χ3n) is 5.86. The van der Waals surface area contributed by atoms with Gasteiger partial charge in [0.15, 0.2) is 5.96 Å². The van der Waals surface area contributed by atoms with Gasteiger partial charge in [-0.2, -0.15) is 0 Å². The molecule has 0 radical (unpaired) electrons. The van der Waals surface area contributed by atoms with Gasteiger partial charge in [0.05, 0.1) is 0 Å². The lowest BCUT2D eigenvalue weighted by molar-refractivity contribution is -0.135. The number of hydrogen-bond donors (Lipinski definition) is 2. The molecule has 172 valence electrons. The maximum absolute atomic E-state index is 12.1. The molecule has 0 unspecified atom stereocenters. The predicted molar refractivity (Wildman–Crippen MR) is 134 cm³/mol. The molecule has 2 amide bonds. The lowest BCUT2D eigenvalue weighted by Gasteiger charge is -2.34. The molecule has 0 aliphatic carbocycles. The van der Waals surface area contributed by atoms with Crippen molar-refractivity contribution in [3.8, 4) is 0 Å². The van der Waals surface area contributed by atoms with E-state index in [1.165, 1.54) is 5.56 Å². The maximum atomic E-state index is 12.1. The molecule has 0 spiro atoms. The summed E-state index contributed by atoms with van der Waals surface area (Å²) in [4.78, 5) is 32.3. The summed E-state index contributed by atoms with van der Waals surface area (Å²) in [5, 5.41) is 6.88. The van der Waals surface area contributed by atoms with E-state index in [9.17, 15) is 9.59 Å². The van der Waals surface area contributed by atoms with Gasteiger partial charge >= 0.3 is 0 Å². The zero-order valence-corrected chi connectivity index (χ0v) is 21.2. The number of nitrogens with one attached hydrogen (secondary N) is 2. The number of rotatable bonds is 6. The van der Waals surface area contributed by atoms with Crippen LogP contribution in [0.2, 0.25) is 0 Å². The summed E-state index contributed by atoms with van der Waals surface area (Å²) in [7, 11) is 1.78. The van der Waals surface area contributed by atoms with Crippen LogP contribution in [0.3, 0.4) is 0 Å². The monoisotopic (exact) mass is 541 g/mol. The quantitative estimate of drug-likeness (QED) is 0.330. The van der Waals surface area contributed by atoms with Crippen LogP contribution in [0, 0.1) is 5.92 Å². The van der Waals surface area contributed by atoms with Crippen LogP contribution in [0.4, 0.5) is 0 Å².